The zero-order chi connectivity index (χ0) is 15.0. The third-order valence-corrected chi connectivity index (χ3v) is 3.48. The number of alkyl halides is 3. The number of nitrogens with two attached hydrogens (primary N) is 1. The van der Waals surface area contributed by atoms with Crippen molar-refractivity contribution < 1.29 is 23.1 Å². The maximum Gasteiger partial charge on any atom is 0.419 e. The predicted molar refractivity (Wildman–Crippen MR) is 64.8 cm³/mol. The second-order valence-corrected chi connectivity index (χ2v) is 4.73. The summed E-state index contributed by atoms with van der Waals surface area (Å²) in [6.45, 7) is 0.204. The van der Waals surface area contributed by atoms with E-state index in [4.69, 9.17) is 5.73 Å². The summed E-state index contributed by atoms with van der Waals surface area (Å²) < 4.78 is 39.4. The molecule has 0 bridgehead atoms. The Labute approximate surface area is 113 Å². The molecular weight excluding hydrogens is 275 g/mol. The minimum Gasteiger partial charge on any atom is -0.378 e. The molecule has 1 amide bonds. The molecule has 0 saturated carbocycles. The van der Waals surface area contributed by atoms with Gasteiger partial charge in [-0.15, -0.1) is 0 Å². The summed E-state index contributed by atoms with van der Waals surface area (Å²) in [6, 6.07) is 1.09. The zero-order valence-corrected chi connectivity index (χ0v) is 10.5. The molecule has 1 aliphatic heterocycles. The Morgan fingerprint density at radius 1 is 1.45 bits per heavy atom. The van der Waals surface area contributed by atoms with E-state index in [1.807, 2.05) is 0 Å². The van der Waals surface area contributed by atoms with Crippen molar-refractivity contribution in [2.24, 2.45) is 5.73 Å². The maximum atomic E-state index is 13.1. The van der Waals surface area contributed by atoms with Gasteiger partial charge in [-0.25, -0.2) is 0 Å². The van der Waals surface area contributed by atoms with Crippen molar-refractivity contribution in [3.8, 4) is 0 Å². The summed E-state index contributed by atoms with van der Waals surface area (Å²) in [5.74, 6) is -1.21. The SMILES string of the molecule is NC(=O)C1N(c2ccncc2)CCCC1(O)C(F)(F)F. The Hall–Kier alpha value is -1.83. The molecule has 8 heteroatoms. The number of amides is 1. The van der Waals surface area contributed by atoms with Crippen LogP contribution in [0, 0.1) is 0 Å². The predicted octanol–water partition coefficient (Wildman–Crippen LogP) is 0.829. The van der Waals surface area contributed by atoms with Crippen LogP contribution >= 0.6 is 0 Å². The van der Waals surface area contributed by atoms with Gasteiger partial charge >= 0.3 is 6.18 Å². The lowest BCUT2D eigenvalue weighted by Crippen LogP contribution is -2.68. The van der Waals surface area contributed by atoms with Crippen LogP contribution in [0.5, 0.6) is 0 Å². The van der Waals surface area contributed by atoms with Crippen LogP contribution in [0.1, 0.15) is 12.8 Å². The molecule has 0 aliphatic carbocycles. The van der Waals surface area contributed by atoms with E-state index >= 15 is 0 Å². The second kappa shape index (κ2) is 4.93. The number of primary amides is 1. The van der Waals surface area contributed by atoms with Crippen molar-refractivity contribution >= 4 is 11.6 Å². The number of aromatic nitrogens is 1. The van der Waals surface area contributed by atoms with Crippen molar-refractivity contribution in [2.75, 3.05) is 11.4 Å². The zero-order valence-electron chi connectivity index (χ0n) is 10.5. The van der Waals surface area contributed by atoms with E-state index in [1.54, 1.807) is 0 Å². The number of carbonyl (C=O) groups excluding carboxylic acids is 1. The van der Waals surface area contributed by atoms with E-state index in [2.05, 4.69) is 4.98 Å². The lowest BCUT2D eigenvalue weighted by molar-refractivity contribution is -0.271. The Morgan fingerprint density at radius 3 is 2.55 bits per heavy atom. The standard InChI is InChI=1S/C12H14F3N3O2/c13-12(14,15)11(20)4-1-7-18(9(11)10(16)19)8-2-5-17-6-3-8/h2-3,5-6,9,20H,1,4,7H2,(H2,16,19). The molecule has 2 unspecified atom stereocenters. The Balaban J connectivity index is 2.46. The molecule has 0 spiro atoms. The molecule has 1 aromatic heterocycles. The fraction of sp³-hybridized carbons (Fsp3) is 0.500. The van der Waals surface area contributed by atoms with E-state index in [-0.39, 0.29) is 13.0 Å². The third kappa shape index (κ3) is 2.31. The summed E-state index contributed by atoms with van der Waals surface area (Å²) in [4.78, 5) is 16.5. The first kappa shape index (κ1) is 14.6. The van der Waals surface area contributed by atoms with Crippen molar-refractivity contribution in [3.05, 3.63) is 24.5 Å². The van der Waals surface area contributed by atoms with Crippen LogP contribution in [0.2, 0.25) is 0 Å². The first-order valence-corrected chi connectivity index (χ1v) is 6.02. The molecule has 2 heterocycles. The molecule has 5 nitrogen and oxygen atoms in total. The van der Waals surface area contributed by atoms with Gasteiger partial charge in [-0.05, 0) is 25.0 Å². The van der Waals surface area contributed by atoms with Gasteiger partial charge < -0.3 is 15.7 Å². The van der Waals surface area contributed by atoms with Crippen LogP contribution in [-0.2, 0) is 4.79 Å². The van der Waals surface area contributed by atoms with Gasteiger partial charge in [-0.1, -0.05) is 0 Å². The summed E-state index contributed by atoms with van der Waals surface area (Å²) >= 11 is 0. The maximum absolute atomic E-state index is 13.1. The van der Waals surface area contributed by atoms with Gasteiger partial charge in [0.1, 0.15) is 6.04 Å². The first-order valence-electron chi connectivity index (χ1n) is 6.02. The fourth-order valence-electron chi connectivity index (χ4n) is 2.54. The van der Waals surface area contributed by atoms with E-state index in [9.17, 15) is 23.1 Å². The van der Waals surface area contributed by atoms with Gasteiger partial charge in [0.25, 0.3) is 0 Å². The molecule has 0 aromatic carbocycles. The average molecular weight is 289 g/mol. The number of rotatable bonds is 2. The highest BCUT2D eigenvalue weighted by molar-refractivity contribution is 5.85. The monoisotopic (exact) mass is 289 g/mol. The lowest BCUT2D eigenvalue weighted by atomic mass is 9.83. The number of aliphatic hydroxyl groups is 1. The minimum absolute atomic E-state index is 0.0993. The minimum atomic E-state index is -4.93. The van der Waals surface area contributed by atoms with E-state index < -0.39 is 30.1 Å². The number of nitrogens with zero attached hydrogens (tertiary/aromatic N) is 2. The smallest absolute Gasteiger partial charge is 0.378 e. The Bertz CT molecular complexity index is 494. The molecule has 2 atom stereocenters. The lowest BCUT2D eigenvalue weighted by Gasteiger charge is -2.46. The summed E-state index contributed by atoms with van der Waals surface area (Å²) in [5.41, 5.74) is 2.34. The average Bonchev–Trinajstić information content (AvgIpc) is 2.37. The van der Waals surface area contributed by atoms with Crippen molar-refractivity contribution in [1.82, 2.24) is 4.98 Å². The van der Waals surface area contributed by atoms with Crippen LogP contribution in [0.4, 0.5) is 18.9 Å². The van der Waals surface area contributed by atoms with Gasteiger partial charge in [-0.3, -0.25) is 9.78 Å². The normalized spacial score (nSPS) is 27.4. The van der Waals surface area contributed by atoms with Crippen LogP contribution in [0.3, 0.4) is 0 Å². The number of anilines is 1. The highest BCUT2D eigenvalue weighted by Crippen LogP contribution is 2.42. The van der Waals surface area contributed by atoms with Crippen molar-refractivity contribution in [3.63, 3.8) is 0 Å². The van der Waals surface area contributed by atoms with Gasteiger partial charge in [0.15, 0.2) is 5.60 Å². The van der Waals surface area contributed by atoms with E-state index in [0.29, 0.717) is 5.69 Å². The van der Waals surface area contributed by atoms with Crippen LogP contribution < -0.4 is 10.6 Å². The quantitative estimate of drug-likeness (QED) is 0.845. The van der Waals surface area contributed by atoms with Gasteiger partial charge in [0, 0.05) is 24.6 Å². The van der Waals surface area contributed by atoms with Gasteiger partial charge in [-0.2, -0.15) is 13.2 Å². The van der Waals surface area contributed by atoms with Gasteiger partial charge in [0.2, 0.25) is 5.91 Å². The molecule has 20 heavy (non-hydrogen) atoms. The molecule has 1 saturated heterocycles. The molecule has 110 valence electrons. The van der Waals surface area contributed by atoms with Crippen molar-refractivity contribution in [2.45, 2.75) is 30.7 Å². The van der Waals surface area contributed by atoms with Crippen molar-refractivity contribution in [1.29, 1.82) is 0 Å². The molecule has 1 fully saturated rings. The number of pyridine rings is 1. The number of hydrogen-bond acceptors (Lipinski definition) is 4. The number of halogens is 3. The third-order valence-electron chi connectivity index (χ3n) is 3.48. The van der Waals surface area contributed by atoms with E-state index in [0.717, 1.165) is 0 Å². The largest absolute Gasteiger partial charge is 0.419 e. The fourth-order valence-corrected chi connectivity index (χ4v) is 2.54. The highest BCUT2D eigenvalue weighted by Gasteiger charge is 2.63. The second-order valence-electron chi connectivity index (χ2n) is 4.73. The number of carbonyl (C=O) groups is 1. The van der Waals surface area contributed by atoms with Crippen LogP contribution in [0.25, 0.3) is 0 Å². The number of hydrogen-bond donors (Lipinski definition) is 2. The topological polar surface area (TPSA) is 79.5 Å². The van der Waals surface area contributed by atoms with Crippen LogP contribution in [-0.4, -0.2) is 40.4 Å². The first-order chi connectivity index (χ1) is 9.27. The molecule has 3 N–H and O–H groups in total. The number of piperidine rings is 1. The summed E-state index contributed by atoms with van der Waals surface area (Å²) in [7, 11) is 0. The molecule has 1 aromatic rings. The molecule has 0 radical (unpaired) electrons. The van der Waals surface area contributed by atoms with E-state index in [1.165, 1.54) is 29.4 Å². The molecular formula is C12H14F3N3O2. The molecule has 2 rings (SSSR count). The van der Waals surface area contributed by atoms with Crippen LogP contribution in [0.15, 0.2) is 24.5 Å². The highest BCUT2D eigenvalue weighted by atomic mass is 19.4. The Kier molecular flexibility index (Phi) is 3.59. The molecule has 1 aliphatic rings. The summed E-state index contributed by atoms with van der Waals surface area (Å²) in [6.07, 6.45) is -2.59. The van der Waals surface area contributed by atoms with Gasteiger partial charge in [0.05, 0.1) is 0 Å². The summed E-state index contributed by atoms with van der Waals surface area (Å²) in [5, 5.41) is 9.99. The Morgan fingerprint density at radius 2 is 2.05 bits per heavy atom.